The summed E-state index contributed by atoms with van der Waals surface area (Å²) in [6.45, 7) is 4.18. The van der Waals surface area contributed by atoms with Crippen LogP contribution in [0.5, 0.6) is 0 Å². The molecular weight excluding hydrogens is 262 g/mol. The van der Waals surface area contributed by atoms with Gasteiger partial charge >= 0.3 is 5.69 Å². The van der Waals surface area contributed by atoms with Crippen molar-refractivity contribution < 1.29 is 4.92 Å². The molecule has 0 amide bonds. The zero-order valence-electron chi connectivity index (χ0n) is 8.55. The monoisotopic (exact) mass is 273 g/mol. The molecule has 6 heteroatoms. The Morgan fingerprint density at radius 2 is 2.00 bits per heavy atom. The Bertz CT molecular complexity index is 340. The van der Waals surface area contributed by atoms with Crippen molar-refractivity contribution >= 4 is 21.6 Å². The van der Waals surface area contributed by atoms with E-state index in [1.807, 2.05) is 0 Å². The second-order valence-corrected chi connectivity index (χ2v) is 4.75. The van der Waals surface area contributed by atoms with Gasteiger partial charge in [-0.1, -0.05) is 29.8 Å². The molecule has 1 aromatic rings. The van der Waals surface area contributed by atoms with Crippen molar-refractivity contribution in [2.45, 2.75) is 25.1 Å². The minimum Gasteiger partial charge on any atom is -0.258 e. The van der Waals surface area contributed by atoms with Gasteiger partial charge in [-0.25, -0.2) is 9.97 Å². The van der Waals surface area contributed by atoms with Gasteiger partial charge in [-0.3, -0.25) is 10.1 Å². The van der Waals surface area contributed by atoms with Crippen molar-refractivity contribution in [1.82, 2.24) is 9.97 Å². The molecule has 15 heavy (non-hydrogen) atoms. The van der Waals surface area contributed by atoms with Gasteiger partial charge in [0.05, 0.1) is 4.92 Å². The summed E-state index contributed by atoms with van der Waals surface area (Å²) in [6, 6.07) is 0. The molecular formula is C9H12BrN3O2. The van der Waals surface area contributed by atoms with Gasteiger partial charge in [0.25, 0.3) is 0 Å². The Labute approximate surface area is 96.2 Å². The lowest BCUT2D eigenvalue weighted by Crippen LogP contribution is -2.12. The summed E-state index contributed by atoms with van der Waals surface area (Å²) in [5.41, 5.74) is -0.0746. The van der Waals surface area contributed by atoms with Crippen LogP contribution < -0.4 is 0 Å². The van der Waals surface area contributed by atoms with E-state index in [-0.39, 0.29) is 5.69 Å². The zero-order valence-corrected chi connectivity index (χ0v) is 10.1. The number of halogens is 1. The summed E-state index contributed by atoms with van der Waals surface area (Å²) in [6.07, 6.45) is 3.15. The Hall–Kier alpha value is -1.04. The minimum absolute atomic E-state index is 0.0746. The highest BCUT2D eigenvalue weighted by Gasteiger charge is 2.13. The first kappa shape index (κ1) is 12.0. The van der Waals surface area contributed by atoms with Crippen molar-refractivity contribution in [2.24, 2.45) is 5.92 Å². The van der Waals surface area contributed by atoms with Crippen LogP contribution in [-0.2, 0) is 6.42 Å². The third-order valence-corrected chi connectivity index (χ3v) is 3.38. The van der Waals surface area contributed by atoms with Gasteiger partial charge in [-0.2, -0.15) is 0 Å². The van der Waals surface area contributed by atoms with Crippen LogP contribution in [-0.4, -0.2) is 19.7 Å². The largest absolute Gasteiger partial charge is 0.305 e. The summed E-state index contributed by atoms with van der Waals surface area (Å²) >= 11 is 3.51. The molecule has 0 aliphatic carbocycles. The minimum atomic E-state index is -0.502. The van der Waals surface area contributed by atoms with E-state index >= 15 is 0 Å². The van der Waals surface area contributed by atoms with Crippen LogP contribution >= 0.6 is 15.9 Å². The molecule has 0 radical (unpaired) electrons. The molecule has 0 aliphatic heterocycles. The number of alkyl halides is 1. The fourth-order valence-electron chi connectivity index (χ4n) is 0.958. The molecule has 0 saturated heterocycles. The first-order valence-corrected chi connectivity index (χ1v) is 5.51. The Morgan fingerprint density at radius 3 is 2.40 bits per heavy atom. The summed E-state index contributed by atoms with van der Waals surface area (Å²) in [5, 5.41) is 10.4. The van der Waals surface area contributed by atoms with Crippen LogP contribution in [0, 0.1) is 16.0 Å². The Morgan fingerprint density at radius 1 is 1.47 bits per heavy atom. The predicted octanol–water partition coefficient (Wildman–Crippen LogP) is 2.35. The van der Waals surface area contributed by atoms with Crippen LogP contribution in [0.15, 0.2) is 12.4 Å². The average molecular weight is 274 g/mol. The fourth-order valence-corrected chi connectivity index (χ4v) is 1.25. The Balaban J connectivity index is 2.68. The third kappa shape index (κ3) is 3.54. The molecule has 1 atom stereocenters. The van der Waals surface area contributed by atoms with Gasteiger partial charge in [-0.15, -0.1) is 0 Å². The lowest BCUT2D eigenvalue weighted by atomic mass is 10.1. The highest BCUT2D eigenvalue weighted by atomic mass is 79.9. The molecule has 0 spiro atoms. The SMILES string of the molecule is CC(C)C(Br)Cc1ncc([N+](=O)[O-])cn1. The molecule has 0 bridgehead atoms. The summed E-state index contributed by atoms with van der Waals surface area (Å²) in [5.74, 6) is 1.10. The van der Waals surface area contributed by atoms with E-state index in [1.165, 1.54) is 12.4 Å². The number of nitrogens with zero attached hydrogens (tertiary/aromatic N) is 3. The van der Waals surface area contributed by atoms with Crippen molar-refractivity contribution in [2.75, 3.05) is 0 Å². The molecule has 0 N–H and O–H groups in total. The smallest absolute Gasteiger partial charge is 0.258 e. The van der Waals surface area contributed by atoms with E-state index in [2.05, 4.69) is 39.7 Å². The van der Waals surface area contributed by atoms with Crippen LogP contribution in [0.1, 0.15) is 19.7 Å². The zero-order chi connectivity index (χ0) is 11.4. The van der Waals surface area contributed by atoms with Crippen molar-refractivity contribution in [1.29, 1.82) is 0 Å². The molecule has 1 unspecified atom stereocenters. The highest BCUT2D eigenvalue weighted by molar-refractivity contribution is 9.09. The molecule has 0 saturated carbocycles. The van der Waals surface area contributed by atoms with Gasteiger partial charge in [0.15, 0.2) is 0 Å². The van der Waals surface area contributed by atoms with Crippen molar-refractivity contribution in [3.05, 3.63) is 28.3 Å². The summed E-state index contributed by atoms with van der Waals surface area (Å²) < 4.78 is 0. The van der Waals surface area contributed by atoms with Crippen LogP contribution in [0.2, 0.25) is 0 Å². The first-order chi connectivity index (χ1) is 7.00. The topological polar surface area (TPSA) is 68.9 Å². The summed E-state index contributed by atoms with van der Waals surface area (Å²) in [7, 11) is 0. The number of hydrogen-bond donors (Lipinski definition) is 0. The van der Waals surface area contributed by atoms with E-state index in [0.29, 0.717) is 23.0 Å². The van der Waals surface area contributed by atoms with E-state index < -0.39 is 4.92 Å². The molecule has 82 valence electrons. The van der Waals surface area contributed by atoms with Gasteiger partial charge in [0, 0.05) is 11.2 Å². The number of aromatic nitrogens is 2. The molecule has 1 rings (SSSR count). The number of nitro groups is 1. The van der Waals surface area contributed by atoms with E-state index in [0.717, 1.165) is 0 Å². The van der Waals surface area contributed by atoms with Crippen LogP contribution in [0.3, 0.4) is 0 Å². The van der Waals surface area contributed by atoms with Crippen LogP contribution in [0.4, 0.5) is 5.69 Å². The first-order valence-electron chi connectivity index (χ1n) is 4.60. The quantitative estimate of drug-likeness (QED) is 0.480. The standard InChI is InChI=1S/C9H12BrN3O2/c1-6(2)8(10)3-9-11-4-7(5-12-9)13(14)15/h4-6,8H,3H2,1-2H3. The molecule has 5 nitrogen and oxygen atoms in total. The van der Waals surface area contributed by atoms with E-state index in [1.54, 1.807) is 0 Å². The van der Waals surface area contributed by atoms with Crippen molar-refractivity contribution in [3.8, 4) is 0 Å². The molecule has 0 aliphatic rings. The molecule has 0 fully saturated rings. The molecule has 1 heterocycles. The van der Waals surface area contributed by atoms with Gasteiger partial charge in [-0.05, 0) is 5.92 Å². The van der Waals surface area contributed by atoms with Gasteiger partial charge in [0.1, 0.15) is 18.2 Å². The lowest BCUT2D eigenvalue weighted by Gasteiger charge is -2.11. The summed E-state index contributed by atoms with van der Waals surface area (Å²) in [4.78, 5) is 18.0. The normalized spacial score (nSPS) is 12.8. The van der Waals surface area contributed by atoms with E-state index in [9.17, 15) is 10.1 Å². The number of hydrogen-bond acceptors (Lipinski definition) is 4. The number of rotatable bonds is 4. The van der Waals surface area contributed by atoms with Gasteiger partial charge < -0.3 is 0 Å². The predicted molar refractivity (Wildman–Crippen MR) is 59.9 cm³/mol. The fraction of sp³-hybridized carbons (Fsp3) is 0.556. The molecule has 1 aromatic heterocycles. The average Bonchev–Trinajstić information content (AvgIpc) is 2.18. The highest BCUT2D eigenvalue weighted by Crippen LogP contribution is 2.16. The Kier molecular flexibility index (Phi) is 4.14. The maximum atomic E-state index is 10.4. The lowest BCUT2D eigenvalue weighted by molar-refractivity contribution is -0.385. The van der Waals surface area contributed by atoms with E-state index in [4.69, 9.17) is 0 Å². The van der Waals surface area contributed by atoms with Crippen LogP contribution in [0.25, 0.3) is 0 Å². The van der Waals surface area contributed by atoms with Gasteiger partial charge in [0.2, 0.25) is 0 Å². The second-order valence-electron chi connectivity index (χ2n) is 3.58. The maximum Gasteiger partial charge on any atom is 0.305 e. The third-order valence-electron chi connectivity index (χ3n) is 2.00. The van der Waals surface area contributed by atoms with Crippen molar-refractivity contribution in [3.63, 3.8) is 0 Å². The maximum absolute atomic E-state index is 10.4. The second kappa shape index (κ2) is 5.16. The molecule has 0 aromatic carbocycles.